The van der Waals surface area contributed by atoms with E-state index in [9.17, 15) is 38.4 Å². The molecule has 0 spiro atoms. The van der Waals surface area contributed by atoms with E-state index >= 15 is 19.2 Å². The predicted octanol–water partition coefficient (Wildman–Crippen LogP) is 6.42. The van der Waals surface area contributed by atoms with Gasteiger partial charge >= 0.3 is 0 Å². The first-order chi connectivity index (χ1) is 38.7. The number of hydrogen-bond donors (Lipinski definition) is 0. The van der Waals surface area contributed by atoms with Crippen molar-refractivity contribution in [3.8, 4) is 0 Å². The summed E-state index contributed by atoms with van der Waals surface area (Å²) in [6.45, 7) is 0. The molecule has 392 valence electrons. The molecule has 0 N–H and O–H groups in total. The van der Waals surface area contributed by atoms with Gasteiger partial charge in [0.1, 0.15) is 0 Å². The summed E-state index contributed by atoms with van der Waals surface area (Å²) in [6.07, 6.45) is 4.91. The van der Waals surface area contributed by atoms with Crippen molar-refractivity contribution in [3.63, 3.8) is 0 Å². The monoisotopic (exact) mass is 1060 g/mol. The first-order valence-electron chi connectivity index (χ1n) is 27.6. The molecule has 0 saturated heterocycles. The van der Waals surface area contributed by atoms with Crippen LogP contribution < -0.4 is 44.5 Å². The second-order valence-corrected chi connectivity index (χ2v) is 23.2. The zero-order valence-electron chi connectivity index (χ0n) is 42.5. The molecular weight excluding hydrogens is 1020 g/mol. The highest BCUT2D eigenvalue weighted by Crippen LogP contribution is 2.48. The van der Waals surface area contributed by atoms with E-state index in [4.69, 9.17) is 0 Å². The quantitative estimate of drug-likeness (QED) is 0.0910. The lowest BCUT2D eigenvalue weighted by Crippen LogP contribution is -2.53. The molecule has 31 rings (SSSR count). The van der Waals surface area contributed by atoms with E-state index < -0.39 is 104 Å². The maximum Gasteiger partial charge on any atom is 0.261 e. The van der Waals surface area contributed by atoms with Gasteiger partial charge in [-0.15, -0.1) is 0 Å². The molecule has 11 aromatic rings. The van der Waals surface area contributed by atoms with Crippen molar-refractivity contribution in [1.82, 2.24) is 28.1 Å². The molecule has 7 aromatic carbocycles. The Bertz CT molecular complexity index is 4720. The second kappa shape index (κ2) is 15.3. The summed E-state index contributed by atoms with van der Waals surface area (Å²) >= 11 is 0. The highest BCUT2D eigenvalue weighted by molar-refractivity contribution is 6.41. The van der Waals surface area contributed by atoms with E-state index in [0.717, 1.165) is 18.3 Å². The molecule has 3 saturated carbocycles. The van der Waals surface area contributed by atoms with Gasteiger partial charge in [0.05, 0.1) is 79.3 Å². The fourth-order valence-electron chi connectivity index (χ4n) is 16.2. The SMILES string of the molecule is O=C1c2ccc3c4ccc5c6c7ccc(c8ccc(c2c38)C(=O)N1[C@H]1CCCCC1n1c(=O)c2cc3c(=O)n(c(=O)c3cc2c1=O)[C@H]1CCCC[C@@H]1n1c(=O)c2cc3c(=O)n(c(=O)c3cc2c1=O)[C@H]1CCCC[C@@H]1N(C5=O)C7=O)c64. The van der Waals surface area contributed by atoms with Crippen molar-refractivity contribution in [2.75, 3.05) is 0 Å². The maximum absolute atomic E-state index is 15.1. The first kappa shape index (κ1) is 45.7. The number of rotatable bonds is 0. The van der Waals surface area contributed by atoms with E-state index in [1.165, 1.54) is 34.1 Å². The fourth-order valence-corrected chi connectivity index (χ4v) is 16.2. The average Bonchev–Trinajstić information content (AvgIpc) is 4.19. The van der Waals surface area contributed by atoms with Crippen LogP contribution in [0, 0.1) is 0 Å². The minimum absolute atomic E-state index is 0.116. The Morgan fingerprint density at radius 1 is 0.237 bits per heavy atom. The number of aromatic nitrogens is 4. The highest BCUT2D eigenvalue weighted by atomic mass is 16.2. The van der Waals surface area contributed by atoms with Gasteiger partial charge in [0.15, 0.2) is 0 Å². The van der Waals surface area contributed by atoms with Crippen LogP contribution in [-0.2, 0) is 0 Å². The minimum atomic E-state index is -1.02. The number of benzene rings is 7. The zero-order valence-corrected chi connectivity index (χ0v) is 42.5. The molecular formula is C62H42N6O12. The van der Waals surface area contributed by atoms with Gasteiger partial charge in [0, 0.05) is 33.0 Å². The van der Waals surface area contributed by atoms with E-state index in [2.05, 4.69) is 0 Å². The lowest BCUT2D eigenvalue weighted by Gasteiger charge is -2.41. The fraction of sp³-hybridized carbons (Fsp3) is 0.290. The van der Waals surface area contributed by atoms with Gasteiger partial charge in [-0.2, -0.15) is 0 Å². The van der Waals surface area contributed by atoms with Gasteiger partial charge in [-0.05, 0) is 119 Å². The summed E-state index contributed by atoms with van der Waals surface area (Å²) in [5.74, 6) is -2.39. The smallest absolute Gasteiger partial charge is 0.261 e. The minimum Gasteiger partial charge on any atom is -0.269 e. The van der Waals surface area contributed by atoms with Crippen LogP contribution in [0.5, 0.6) is 0 Å². The van der Waals surface area contributed by atoms with Crippen LogP contribution in [0.2, 0.25) is 0 Å². The van der Waals surface area contributed by atoms with Crippen LogP contribution in [0.25, 0.3) is 86.2 Å². The molecule has 4 amide bonds. The van der Waals surface area contributed by atoms with Crippen LogP contribution in [0.4, 0.5) is 0 Å². The molecule has 6 atom stereocenters. The third kappa shape index (κ3) is 5.30. The number of carbonyl (C=O) groups is 4. The molecule has 3 fully saturated rings. The molecule has 17 aliphatic heterocycles. The normalized spacial score (nSPS) is 23.1. The van der Waals surface area contributed by atoms with Gasteiger partial charge in [-0.3, -0.25) is 85.6 Å². The van der Waals surface area contributed by atoms with E-state index in [1.54, 1.807) is 48.5 Å². The molecule has 80 heavy (non-hydrogen) atoms. The number of amides is 4. The van der Waals surface area contributed by atoms with Gasteiger partial charge in [-0.1, -0.05) is 62.8 Å². The summed E-state index contributed by atoms with van der Waals surface area (Å²) in [6, 6.07) is 13.1. The number of carbonyl (C=O) groups excluding carboxylic acids is 4. The number of imide groups is 2. The molecule has 3 aliphatic carbocycles. The van der Waals surface area contributed by atoms with Crippen LogP contribution in [0.3, 0.4) is 0 Å². The summed E-state index contributed by atoms with van der Waals surface area (Å²) in [7, 11) is 0. The van der Waals surface area contributed by atoms with Crippen LogP contribution in [0.1, 0.15) is 143 Å². The summed E-state index contributed by atoms with van der Waals surface area (Å²) in [5, 5.41) is 3.83. The Balaban J connectivity index is 0.922. The van der Waals surface area contributed by atoms with Crippen LogP contribution >= 0.6 is 0 Å². The van der Waals surface area contributed by atoms with Crippen molar-refractivity contribution in [3.05, 3.63) is 178 Å². The topological polar surface area (TPSA) is 231 Å². The van der Waals surface area contributed by atoms with Crippen molar-refractivity contribution >= 4 is 110 Å². The third-order valence-electron chi connectivity index (χ3n) is 19.7. The van der Waals surface area contributed by atoms with E-state index in [-0.39, 0.29) is 104 Å². The van der Waals surface area contributed by atoms with Gasteiger partial charge in [0.25, 0.3) is 68.1 Å². The Kier molecular flexibility index (Phi) is 8.72. The summed E-state index contributed by atoms with van der Waals surface area (Å²) < 4.78 is 4.16. The van der Waals surface area contributed by atoms with E-state index in [0.29, 0.717) is 81.6 Å². The molecule has 20 aliphatic rings. The molecule has 1 unspecified atom stereocenters. The molecule has 26 bridgehead atoms. The lowest BCUT2D eigenvalue weighted by atomic mass is 9.80. The Morgan fingerprint density at radius 3 is 0.662 bits per heavy atom. The molecule has 0 radical (unpaired) electrons. The Morgan fingerprint density at radius 2 is 0.438 bits per heavy atom. The van der Waals surface area contributed by atoms with Gasteiger partial charge in [0.2, 0.25) is 0 Å². The predicted molar refractivity (Wildman–Crippen MR) is 298 cm³/mol. The van der Waals surface area contributed by atoms with E-state index in [1.807, 2.05) is 0 Å². The van der Waals surface area contributed by atoms with Crippen molar-refractivity contribution in [2.45, 2.75) is 113 Å². The summed E-state index contributed by atoms with van der Waals surface area (Å²) in [4.78, 5) is 181. The van der Waals surface area contributed by atoms with Gasteiger partial charge < -0.3 is 0 Å². The average molecular weight is 1060 g/mol. The van der Waals surface area contributed by atoms with Crippen molar-refractivity contribution < 1.29 is 19.2 Å². The first-order valence-corrected chi connectivity index (χ1v) is 27.6. The van der Waals surface area contributed by atoms with Crippen molar-refractivity contribution in [2.24, 2.45) is 0 Å². The Labute approximate surface area is 446 Å². The molecule has 4 aromatic heterocycles. The zero-order chi connectivity index (χ0) is 54.4. The second-order valence-electron chi connectivity index (χ2n) is 23.2. The van der Waals surface area contributed by atoms with Crippen molar-refractivity contribution in [1.29, 1.82) is 0 Å². The number of nitrogens with zero attached hydrogens (tertiary/aromatic N) is 6. The maximum atomic E-state index is 15.1. The molecule has 18 nitrogen and oxygen atoms in total. The molecule has 18 heteroatoms. The van der Waals surface area contributed by atoms with Crippen LogP contribution in [-0.4, -0.2) is 63.8 Å². The number of hydrogen-bond acceptors (Lipinski definition) is 12. The van der Waals surface area contributed by atoms with Crippen LogP contribution in [0.15, 0.2) is 111 Å². The molecule has 21 heterocycles. The largest absolute Gasteiger partial charge is 0.269 e. The lowest BCUT2D eigenvalue weighted by molar-refractivity contribution is 0.0418. The highest BCUT2D eigenvalue weighted by Gasteiger charge is 2.47. The van der Waals surface area contributed by atoms with Gasteiger partial charge in [-0.25, -0.2) is 0 Å². The Hall–Kier alpha value is -9.32. The standard InChI is InChI=1S/C62H42N6O12/c69-51-29-17-13-25-27-15-19-31-50-32-20-16-28(48(27)50)26-14-18-30(49(29)47(25)26)52(70)63(51)41-7-1-3-9-43(41)65-55(73)33-21-37-38(22-34(33)56(65)74)60(78)67(59(37)77)45-11-5-6-12-46(45)68-61(79)39-23-35-36(24-40(39)62(68)80)58(76)66(57(35)75)44-10-4-2-8-42(44)64(53(31)71)54(32)72/h13-24,41-46H,1-12H2/t41-,42-,43-,44?,45-,46-/m0/s1. The third-order valence-corrected chi connectivity index (χ3v) is 19.7. The summed E-state index contributed by atoms with van der Waals surface area (Å²) in [5.41, 5.74) is -5.09.